The van der Waals surface area contributed by atoms with Crippen LogP contribution in [0.25, 0.3) is 0 Å². The van der Waals surface area contributed by atoms with Crippen LogP contribution >= 0.6 is 0 Å². The molecule has 1 saturated carbocycles. The smallest absolute Gasteiger partial charge is 0.270 e. The van der Waals surface area contributed by atoms with Crippen molar-refractivity contribution in [3.05, 3.63) is 29.8 Å². The Kier molecular flexibility index (Phi) is 3.64. The first kappa shape index (κ1) is 13.0. The number of rotatable bonds is 2. The molecule has 0 aliphatic heterocycles. The number of hydrogen-bond donors (Lipinski definition) is 1. The van der Waals surface area contributed by atoms with Crippen molar-refractivity contribution in [1.29, 1.82) is 0 Å². The highest BCUT2D eigenvalue weighted by Crippen LogP contribution is 2.34. The van der Waals surface area contributed by atoms with Crippen LogP contribution in [0.1, 0.15) is 50.0 Å². The van der Waals surface area contributed by atoms with Gasteiger partial charge in [0, 0.05) is 6.04 Å². The summed E-state index contributed by atoms with van der Waals surface area (Å²) in [7, 11) is 0. The van der Waals surface area contributed by atoms with Gasteiger partial charge in [0.15, 0.2) is 0 Å². The third-order valence-electron chi connectivity index (χ3n) is 3.62. The molecule has 4 heteroatoms. The summed E-state index contributed by atoms with van der Waals surface area (Å²) in [5.74, 6) is -0.897. The van der Waals surface area contributed by atoms with Crippen molar-refractivity contribution in [2.45, 2.75) is 45.6 Å². The molecule has 98 valence electrons. The van der Waals surface area contributed by atoms with Crippen LogP contribution in [0, 0.1) is 11.4 Å². The predicted molar refractivity (Wildman–Crippen MR) is 67.7 cm³/mol. The minimum absolute atomic E-state index is 0.153. The van der Waals surface area contributed by atoms with Crippen LogP contribution in [0.5, 0.6) is 0 Å². The molecule has 0 aromatic carbocycles. The second-order valence-electron chi connectivity index (χ2n) is 5.76. The van der Waals surface area contributed by atoms with Crippen LogP contribution in [0.3, 0.4) is 0 Å². The van der Waals surface area contributed by atoms with Crippen LogP contribution in [-0.4, -0.2) is 16.9 Å². The predicted octanol–water partition coefficient (Wildman–Crippen LogP) is 2.92. The van der Waals surface area contributed by atoms with Gasteiger partial charge >= 0.3 is 0 Å². The molecule has 1 aromatic rings. The summed E-state index contributed by atoms with van der Waals surface area (Å²) in [4.78, 5) is 15.5. The van der Waals surface area contributed by atoms with Gasteiger partial charge in [0.1, 0.15) is 5.69 Å². The standard InChI is InChI=1S/C14H19FN2O/c1-14(2)8-6-10(7-9-14)16-13(18)11-4-3-5-12(15)17-11/h3-5,10H,6-9H2,1-2H3,(H,16,18). The molecule has 0 radical (unpaired) electrons. The van der Waals surface area contributed by atoms with E-state index >= 15 is 0 Å². The van der Waals surface area contributed by atoms with Crippen LogP contribution < -0.4 is 5.32 Å². The lowest BCUT2D eigenvalue weighted by Gasteiger charge is -2.34. The highest BCUT2D eigenvalue weighted by atomic mass is 19.1. The van der Waals surface area contributed by atoms with E-state index in [0.29, 0.717) is 5.41 Å². The van der Waals surface area contributed by atoms with Crippen LogP contribution in [0.4, 0.5) is 4.39 Å². The number of carbonyl (C=O) groups is 1. The Morgan fingerprint density at radius 2 is 2.06 bits per heavy atom. The minimum atomic E-state index is -0.618. The first-order chi connectivity index (χ1) is 8.46. The van der Waals surface area contributed by atoms with E-state index in [0.717, 1.165) is 25.7 Å². The molecule has 0 unspecified atom stereocenters. The molecule has 1 aliphatic carbocycles. The number of pyridine rings is 1. The van der Waals surface area contributed by atoms with Crippen molar-refractivity contribution in [3.63, 3.8) is 0 Å². The number of carbonyl (C=O) groups excluding carboxylic acids is 1. The average Bonchev–Trinajstić information content (AvgIpc) is 2.32. The van der Waals surface area contributed by atoms with Gasteiger partial charge in [-0.1, -0.05) is 19.9 Å². The summed E-state index contributed by atoms with van der Waals surface area (Å²) in [6, 6.07) is 4.46. The molecule has 1 aliphatic rings. The summed E-state index contributed by atoms with van der Waals surface area (Å²) in [6.45, 7) is 4.50. The maximum atomic E-state index is 12.9. The summed E-state index contributed by atoms with van der Waals surface area (Å²) < 4.78 is 12.9. The number of nitrogens with zero attached hydrogens (tertiary/aromatic N) is 1. The van der Waals surface area contributed by atoms with Gasteiger partial charge < -0.3 is 5.32 Å². The van der Waals surface area contributed by atoms with Crippen LogP contribution in [-0.2, 0) is 0 Å². The SMILES string of the molecule is CC1(C)CCC(NC(=O)c2cccc(F)n2)CC1. The summed E-state index contributed by atoms with van der Waals surface area (Å²) in [6.07, 6.45) is 4.17. The van der Waals surface area contributed by atoms with Crippen molar-refractivity contribution >= 4 is 5.91 Å². The maximum Gasteiger partial charge on any atom is 0.270 e. The van der Waals surface area contributed by atoms with E-state index in [2.05, 4.69) is 24.1 Å². The molecule has 0 atom stereocenters. The van der Waals surface area contributed by atoms with Gasteiger partial charge in [-0.3, -0.25) is 4.79 Å². The second kappa shape index (κ2) is 5.04. The van der Waals surface area contributed by atoms with Crippen molar-refractivity contribution < 1.29 is 9.18 Å². The number of hydrogen-bond acceptors (Lipinski definition) is 2. The zero-order valence-electron chi connectivity index (χ0n) is 10.9. The Morgan fingerprint density at radius 3 is 2.67 bits per heavy atom. The minimum Gasteiger partial charge on any atom is -0.348 e. The quantitative estimate of drug-likeness (QED) is 0.820. The Balaban J connectivity index is 1.93. The van der Waals surface area contributed by atoms with E-state index in [-0.39, 0.29) is 17.6 Å². The first-order valence-electron chi connectivity index (χ1n) is 6.40. The average molecular weight is 250 g/mol. The summed E-state index contributed by atoms with van der Waals surface area (Å²) >= 11 is 0. The Labute approximate surface area is 107 Å². The van der Waals surface area contributed by atoms with Crippen molar-refractivity contribution in [3.8, 4) is 0 Å². The molecule has 1 N–H and O–H groups in total. The topological polar surface area (TPSA) is 42.0 Å². The molecule has 0 saturated heterocycles. The molecule has 3 nitrogen and oxygen atoms in total. The zero-order valence-corrected chi connectivity index (χ0v) is 10.9. The van der Waals surface area contributed by atoms with Crippen LogP contribution in [0.2, 0.25) is 0 Å². The van der Waals surface area contributed by atoms with E-state index < -0.39 is 5.95 Å². The van der Waals surface area contributed by atoms with Gasteiger partial charge in [0.25, 0.3) is 5.91 Å². The number of amides is 1. The van der Waals surface area contributed by atoms with Gasteiger partial charge in [0.2, 0.25) is 5.95 Å². The van der Waals surface area contributed by atoms with Crippen molar-refractivity contribution in [2.75, 3.05) is 0 Å². The Morgan fingerprint density at radius 1 is 1.39 bits per heavy atom. The number of aromatic nitrogens is 1. The van der Waals surface area contributed by atoms with E-state index in [1.54, 1.807) is 0 Å². The molecule has 0 bridgehead atoms. The Bertz CT molecular complexity index is 435. The molecule has 0 spiro atoms. The van der Waals surface area contributed by atoms with E-state index in [1.165, 1.54) is 18.2 Å². The molecular weight excluding hydrogens is 231 g/mol. The van der Waals surface area contributed by atoms with Gasteiger partial charge in [-0.25, -0.2) is 4.98 Å². The fourth-order valence-electron chi connectivity index (χ4n) is 2.34. The highest BCUT2D eigenvalue weighted by Gasteiger charge is 2.27. The third kappa shape index (κ3) is 3.28. The second-order valence-corrected chi connectivity index (χ2v) is 5.76. The fraction of sp³-hybridized carbons (Fsp3) is 0.571. The molecule has 1 aromatic heterocycles. The van der Waals surface area contributed by atoms with E-state index in [1.807, 2.05) is 0 Å². The van der Waals surface area contributed by atoms with Gasteiger partial charge in [-0.15, -0.1) is 0 Å². The van der Waals surface area contributed by atoms with E-state index in [4.69, 9.17) is 0 Å². The first-order valence-corrected chi connectivity index (χ1v) is 6.40. The van der Waals surface area contributed by atoms with Gasteiger partial charge in [-0.05, 0) is 43.2 Å². The zero-order chi connectivity index (χ0) is 13.2. The summed E-state index contributed by atoms with van der Waals surface area (Å²) in [5.41, 5.74) is 0.526. The Hall–Kier alpha value is -1.45. The highest BCUT2D eigenvalue weighted by molar-refractivity contribution is 5.92. The number of halogens is 1. The van der Waals surface area contributed by atoms with E-state index in [9.17, 15) is 9.18 Å². The fourth-order valence-corrected chi connectivity index (χ4v) is 2.34. The molecule has 1 amide bonds. The normalized spacial score (nSPS) is 19.5. The molecule has 2 rings (SSSR count). The maximum absolute atomic E-state index is 12.9. The molecule has 1 fully saturated rings. The number of nitrogens with one attached hydrogen (secondary N) is 1. The van der Waals surface area contributed by atoms with Crippen molar-refractivity contribution in [1.82, 2.24) is 10.3 Å². The monoisotopic (exact) mass is 250 g/mol. The lowest BCUT2D eigenvalue weighted by atomic mass is 9.75. The largest absolute Gasteiger partial charge is 0.348 e. The lowest BCUT2D eigenvalue weighted by Crippen LogP contribution is -2.39. The summed E-state index contributed by atoms with van der Waals surface area (Å²) in [5, 5.41) is 2.93. The molecule has 1 heterocycles. The molecule has 18 heavy (non-hydrogen) atoms. The lowest BCUT2D eigenvalue weighted by molar-refractivity contribution is 0.0903. The van der Waals surface area contributed by atoms with Gasteiger partial charge in [0.05, 0.1) is 0 Å². The van der Waals surface area contributed by atoms with Crippen molar-refractivity contribution in [2.24, 2.45) is 5.41 Å². The third-order valence-corrected chi connectivity index (χ3v) is 3.62. The van der Waals surface area contributed by atoms with Crippen LogP contribution in [0.15, 0.2) is 18.2 Å². The molecular formula is C14H19FN2O. The van der Waals surface area contributed by atoms with Gasteiger partial charge in [-0.2, -0.15) is 4.39 Å².